The summed E-state index contributed by atoms with van der Waals surface area (Å²) in [4.78, 5) is 10.9. The lowest BCUT2D eigenvalue weighted by atomic mass is 10.1. The van der Waals surface area contributed by atoms with Gasteiger partial charge in [0.1, 0.15) is 5.25 Å². The zero-order chi connectivity index (χ0) is 8.27. The number of nitriles is 1. The van der Waals surface area contributed by atoms with Gasteiger partial charge in [0.2, 0.25) is 0 Å². The van der Waals surface area contributed by atoms with E-state index in [0.29, 0.717) is 6.42 Å². The summed E-state index contributed by atoms with van der Waals surface area (Å²) in [5, 5.41) is 8.42. The molecule has 0 unspecified atom stereocenters. The van der Waals surface area contributed by atoms with E-state index < -0.39 is 0 Å². The lowest BCUT2D eigenvalue weighted by molar-refractivity contribution is -0.140. The maximum absolute atomic E-state index is 10.9. The molecule has 1 rings (SSSR count). The number of carbonyl (C=O) groups is 1. The first kappa shape index (κ1) is 8.41. The highest BCUT2D eigenvalue weighted by Crippen LogP contribution is 2.31. The van der Waals surface area contributed by atoms with Gasteiger partial charge in [-0.05, 0) is 6.42 Å². The van der Waals surface area contributed by atoms with Gasteiger partial charge in [-0.25, -0.2) is 0 Å². The molecule has 0 aromatic heterocycles. The van der Waals surface area contributed by atoms with Crippen molar-refractivity contribution in [3.8, 4) is 6.07 Å². The number of ether oxygens (including phenoxy) is 1. The summed E-state index contributed by atoms with van der Waals surface area (Å²) in [5.74, 6) is 0.591. The molecule has 1 fully saturated rings. The van der Waals surface area contributed by atoms with Crippen LogP contribution in [0.3, 0.4) is 0 Å². The first-order valence-corrected chi connectivity index (χ1v) is 4.42. The molecule has 0 bridgehead atoms. The second-order valence-electron chi connectivity index (χ2n) is 2.41. The first-order valence-electron chi connectivity index (χ1n) is 3.37. The zero-order valence-electron chi connectivity index (χ0n) is 6.24. The molecule has 0 aromatic rings. The molecule has 0 amide bonds. The summed E-state index contributed by atoms with van der Waals surface area (Å²) >= 11 is 1.51. The molecule has 3 nitrogen and oxygen atoms in total. The summed E-state index contributed by atoms with van der Waals surface area (Å²) in [5.41, 5.74) is 0. The highest BCUT2D eigenvalue weighted by molar-refractivity contribution is 8.00. The van der Waals surface area contributed by atoms with E-state index in [0.717, 1.165) is 5.75 Å². The van der Waals surface area contributed by atoms with Gasteiger partial charge < -0.3 is 4.74 Å². The minimum absolute atomic E-state index is 0.0316. The second kappa shape index (κ2) is 3.63. The lowest BCUT2D eigenvalue weighted by Crippen LogP contribution is -2.16. The van der Waals surface area contributed by atoms with Crippen molar-refractivity contribution >= 4 is 17.7 Å². The topological polar surface area (TPSA) is 50.1 Å². The van der Waals surface area contributed by atoms with Crippen LogP contribution in [0, 0.1) is 17.2 Å². The standard InChI is InChI=1S/C7H9NO2S/c1-10-7(9)6-2-5(3-8)4-11-6/h5-6H,2,4H2,1H3/t5-,6-/m0/s1. The SMILES string of the molecule is COC(=O)[C@@H]1C[C@@H](C#N)CS1. The molecular formula is C7H9NO2S. The van der Waals surface area contributed by atoms with Crippen molar-refractivity contribution in [2.75, 3.05) is 12.9 Å². The normalized spacial score (nSPS) is 29.5. The van der Waals surface area contributed by atoms with Crippen LogP contribution in [-0.4, -0.2) is 24.1 Å². The molecule has 0 saturated carbocycles. The van der Waals surface area contributed by atoms with Gasteiger partial charge in [0.25, 0.3) is 0 Å². The second-order valence-corrected chi connectivity index (χ2v) is 3.64. The van der Waals surface area contributed by atoms with Gasteiger partial charge in [-0.15, -0.1) is 11.8 Å². The fraction of sp³-hybridized carbons (Fsp3) is 0.714. The number of hydrogen-bond donors (Lipinski definition) is 0. The Morgan fingerprint density at radius 1 is 1.82 bits per heavy atom. The molecule has 0 spiro atoms. The number of esters is 1. The monoisotopic (exact) mass is 171 g/mol. The molecule has 4 heteroatoms. The molecule has 60 valence electrons. The van der Waals surface area contributed by atoms with Crippen molar-refractivity contribution in [2.45, 2.75) is 11.7 Å². The van der Waals surface area contributed by atoms with Crippen molar-refractivity contribution in [3.05, 3.63) is 0 Å². The Hall–Kier alpha value is -0.690. The van der Waals surface area contributed by atoms with Gasteiger partial charge in [0.15, 0.2) is 0 Å². The van der Waals surface area contributed by atoms with E-state index in [2.05, 4.69) is 10.8 Å². The molecular weight excluding hydrogens is 162 g/mol. The van der Waals surface area contributed by atoms with Crippen molar-refractivity contribution < 1.29 is 9.53 Å². The zero-order valence-corrected chi connectivity index (χ0v) is 7.06. The molecule has 11 heavy (non-hydrogen) atoms. The van der Waals surface area contributed by atoms with Crippen LogP contribution in [0.1, 0.15) is 6.42 Å². The van der Waals surface area contributed by atoms with Crippen LogP contribution in [-0.2, 0) is 9.53 Å². The molecule has 2 atom stereocenters. The van der Waals surface area contributed by atoms with Crippen LogP contribution in [0.15, 0.2) is 0 Å². The van der Waals surface area contributed by atoms with Crippen LogP contribution < -0.4 is 0 Å². The number of carbonyl (C=O) groups excluding carboxylic acids is 1. The van der Waals surface area contributed by atoms with Gasteiger partial charge in [-0.2, -0.15) is 5.26 Å². The summed E-state index contributed by atoms with van der Waals surface area (Å²) in [6.45, 7) is 0. The number of nitrogens with zero attached hydrogens (tertiary/aromatic N) is 1. The van der Waals surface area contributed by atoms with E-state index in [1.807, 2.05) is 0 Å². The summed E-state index contributed by atoms with van der Waals surface area (Å²) in [6, 6.07) is 2.14. The molecule has 0 aliphatic carbocycles. The van der Waals surface area contributed by atoms with Gasteiger partial charge >= 0.3 is 5.97 Å². The first-order chi connectivity index (χ1) is 5.27. The molecule has 1 aliphatic rings. The lowest BCUT2D eigenvalue weighted by Gasteiger charge is -2.03. The van der Waals surface area contributed by atoms with E-state index in [-0.39, 0.29) is 17.1 Å². The summed E-state index contributed by atoms with van der Waals surface area (Å²) in [6.07, 6.45) is 0.647. The Morgan fingerprint density at radius 3 is 3.00 bits per heavy atom. The molecule has 1 heterocycles. The largest absolute Gasteiger partial charge is 0.468 e. The van der Waals surface area contributed by atoms with Gasteiger partial charge in [0.05, 0.1) is 19.1 Å². The maximum atomic E-state index is 10.9. The Bertz CT molecular complexity index is 199. The third-order valence-electron chi connectivity index (χ3n) is 1.64. The number of hydrogen-bond acceptors (Lipinski definition) is 4. The average molecular weight is 171 g/mol. The van der Waals surface area contributed by atoms with Gasteiger partial charge in [-0.3, -0.25) is 4.79 Å². The van der Waals surface area contributed by atoms with Crippen LogP contribution in [0.2, 0.25) is 0 Å². The third kappa shape index (κ3) is 1.87. The fourth-order valence-electron chi connectivity index (χ4n) is 1.01. The maximum Gasteiger partial charge on any atom is 0.318 e. The van der Waals surface area contributed by atoms with E-state index in [9.17, 15) is 4.79 Å². The quantitative estimate of drug-likeness (QED) is 0.548. The Morgan fingerprint density at radius 2 is 2.55 bits per heavy atom. The summed E-state index contributed by atoms with van der Waals surface area (Å²) < 4.78 is 4.56. The highest BCUT2D eigenvalue weighted by atomic mass is 32.2. The van der Waals surface area contributed by atoms with Gasteiger partial charge in [-0.1, -0.05) is 0 Å². The smallest absolute Gasteiger partial charge is 0.318 e. The van der Waals surface area contributed by atoms with E-state index in [1.165, 1.54) is 18.9 Å². The van der Waals surface area contributed by atoms with Crippen molar-refractivity contribution in [1.82, 2.24) is 0 Å². The highest BCUT2D eigenvalue weighted by Gasteiger charge is 2.30. The number of thioether (sulfide) groups is 1. The number of methoxy groups -OCH3 is 1. The number of rotatable bonds is 1. The molecule has 0 aromatic carbocycles. The van der Waals surface area contributed by atoms with Crippen LogP contribution in [0.4, 0.5) is 0 Å². The van der Waals surface area contributed by atoms with Crippen LogP contribution >= 0.6 is 11.8 Å². The van der Waals surface area contributed by atoms with E-state index >= 15 is 0 Å². The molecule has 0 N–H and O–H groups in total. The predicted octanol–water partition coefficient (Wildman–Crippen LogP) is 0.805. The molecule has 0 radical (unpaired) electrons. The van der Waals surface area contributed by atoms with E-state index in [1.54, 1.807) is 0 Å². The predicted molar refractivity (Wildman–Crippen MR) is 42.0 cm³/mol. The third-order valence-corrected chi connectivity index (χ3v) is 3.03. The molecule has 1 saturated heterocycles. The van der Waals surface area contributed by atoms with Crippen LogP contribution in [0.5, 0.6) is 0 Å². The Kier molecular flexibility index (Phi) is 2.77. The summed E-state index contributed by atoms with van der Waals surface area (Å²) in [7, 11) is 1.38. The van der Waals surface area contributed by atoms with E-state index in [4.69, 9.17) is 5.26 Å². The van der Waals surface area contributed by atoms with Crippen molar-refractivity contribution in [3.63, 3.8) is 0 Å². The Balaban J connectivity index is 2.43. The molecule has 1 aliphatic heterocycles. The van der Waals surface area contributed by atoms with Crippen molar-refractivity contribution in [2.24, 2.45) is 5.92 Å². The van der Waals surface area contributed by atoms with Crippen molar-refractivity contribution in [1.29, 1.82) is 5.26 Å². The average Bonchev–Trinajstić information content (AvgIpc) is 2.50. The minimum Gasteiger partial charge on any atom is -0.468 e. The fourth-order valence-corrected chi connectivity index (χ4v) is 2.29. The van der Waals surface area contributed by atoms with Crippen LogP contribution in [0.25, 0.3) is 0 Å². The van der Waals surface area contributed by atoms with Gasteiger partial charge in [0, 0.05) is 5.75 Å². The minimum atomic E-state index is -0.201. The Labute approximate surface area is 69.7 Å².